The maximum Gasteiger partial charge on any atom is 0.307 e. The van der Waals surface area contributed by atoms with Gasteiger partial charge in [0.05, 0.1) is 11.8 Å². The van der Waals surface area contributed by atoms with Crippen LogP contribution in [0.3, 0.4) is 0 Å². The molecule has 0 radical (unpaired) electrons. The zero-order valence-corrected chi connectivity index (χ0v) is 11.0. The summed E-state index contributed by atoms with van der Waals surface area (Å²) in [6.45, 7) is 5.11. The molecular weight excluding hydrogens is 249 g/mol. The second-order valence-corrected chi connectivity index (χ2v) is 5.57. The minimum atomic E-state index is -0.972. The first kappa shape index (κ1) is 13.5. The Hall–Kier alpha value is -1.91. The van der Waals surface area contributed by atoms with Crippen LogP contribution in [-0.2, 0) is 9.59 Å². The Balaban J connectivity index is 2.10. The SMILES string of the molecule is Cc1ccc(NC(=O)[C@H]2[C@@H](C(=O)O)C2(C)C)cc1F. The smallest absolute Gasteiger partial charge is 0.307 e. The van der Waals surface area contributed by atoms with Crippen molar-refractivity contribution < 1.29 is 19.1 Å². The highest BCUT2D eigenvalue weighted by Gasteiger charge is 2.65. The van der Waals surface area contributed by atoms with Gasteiger partial charge >= 0.3 is 5.97 Å². The van der Waals surface area contributed by atoms with Crippen molar-refractivity contribution in [3.63, 3.8) is 0 Å². The summed E-state index contributed by atoms with van der Waals surface area (Å²) in [4.78, 5) is 23.0. The Bertz CT molecular complexity index is 554. The van der Waals surface area contributed by atoms with Crippen LogP contribution in [0.15, 0.2) is 18.2 Å². The lowest BCUT2D eigenvalue weighted by molar-refractivity contribution is -0.140. The van der Waals surface area contributed by atoms with Crippen molar-refractivity contribution in [2.45, 2.75) is 20.8 Å². The number of carboxylic acids is 1. The predicted octanol–water partition coefficient (Wildman–Crippen LogP) is 2.43. The molecule has 0 bridgehead atoms. The molecule has 2 N–H and O–H groups in total. The van der Waals surface area contributed by atoms with Crippen molar-refractivity contribution in [1.82, 2.24) is 0 Å². The molecule has 4 nitrogen and oxygen atoms in total. The van der Waals surface area contributed by atoms with Crippen LogP contribution in [0.5, 0.6) is 0 Å². The topological polar surface area (TPSA) is 66.4 Å². The average Bonchev–Trinajstić information content (AvgIpc) is 2.87. The number of nitrogens with one attached hydrogen (secondary N) is 1. The maximum absolute atomic E-state index is 13.4. The number of hydrogen-bond donors (Lipinski definition) is 2. The maximum atomic E-state index is 13.4. The number of benzene rings is 1. The number of carbonyl (C=O) groups is 2. The molecule has 0 saturated heterocycles. The van der Waals surface area contributed by atoms with E-state index in [0.717, 1.165) is 0 Å². The molecular formula is C14H16FNO3. The number of amides is 1. The Labute approximate surface area is 110 Å². The lowest BCUT2D eigenvalue weighted by atomic mass is 10.1. The average molecular weight is 265 g/mol. The first-order valence-electron chi connectivity index (χ1n) is 6.05. The summed E-state index contributed by atoms with van der Waals surface area (Å²) >= 11 is 0. The van der Waals surface area contributed by atoms with Gasteiger partial charge in [0, 0.05) is 5.69 Å². The van der Waals surface area contributed by atoms with E-state index in [1.165, 1.54) is 6.07 Å². The Morgan fingerprint density at radius 2 is 1.95 bits per heavy atom. The summed E-state index contributed by atoms with van der Waals surface area (Å²) in [5.74, 6) is -3.00. The Kier molecular flexibility index (Phi) is 3.08. The van der Waals surface area contributed by atoms with E-state index in [9.17, 15) is 14.0 Å². The van der Waals surface area contributed by atoms with Crippen LogP contribution in [-0.4, -0.2) is 17.0 Å². The molecule has 1 aromatic rings. The summed E-state index contributed by atoms with van der Waals surface area (Å²) in [5.41, 5.74) is 0.284. The van der Waals surface area contributed by atoms with Crippen LogP contribution >= 0.6 is 0 Å². The molecule has 0 aromatic heterocycles. The van der Waals surface area contributed by atoms with Gasteiger partial charge in [-0.15, -0.1) is 0 Å². The largest absolute Gasteiger partial charge is 0.481 e. The summed E-state index contributed by atoms with van der Waals surface area (Å²) in [6, 6.07) is 4.40. The van der Waals surface area contributed by atoms with Gasteiger partial charge in [0.15, 0.2) is 0 Å². The van der Waals surface area contributed by atoms with Crippen molar-refractivity contribution in [1.29, 1.82) is 0 Å². The number of carboxylic acid groups (broad SMARTS) is 1. The summed E-state index contributed by atoms with van der Waals surface area (Å²) < 4.78 is 13.4. The van der Waals surface area contributed by atoms with E-state index in [1.54, 1.807) is 32.9 Å². The molecule has 1 aliphatic rings. The van der Waals surface area contributed by atoms with Gasteiger partial charge < -0.3 is 10.4 Å². The van der Waals surface area contributed by atoms with Crippen LogP contribution in [0.2, 0.25) is 0 Å². The van der Waals surface area contributed by atoms with Crippen LogP contribution in [0.4, 0.5) is 10.1 Å². The zero-order valence-electron chi connectivity index (χ0n) is 11.0. The van der Waals surface area contributed by atoms with Crippen LogP contribution in [0.1, 0.15) is 19.4 Å². The van der Waals surface area contributed by atoms with Crippen molar-refractivity contribution in [2.24, 2.45) is 17.3 Å². The van der Waals surface area contributed by atoms with Gasteiger partial charge in [-0.05, 0) is 30.0 Å². The molecule has 0 unspecified atom stereocenters. The second kappa shape index (κ2) is 4.33. The number of anilines is 1. The van der Waals surface area contributed by atoms with Gasteiger partial charge in [0.25, 0.3) is 0 Å². The third kappa shape index (κ3) is 2.32. The molecule has 1 saturated carbocycles. The van der Waals surface area contributed by atoms with Gasteiger partial charge in [-0.3, -0.25) is 9.59 Å². The van der Waals surface area contributed by atoms with Gasteiger partial charge in [0.1, 0.15) is 5.82 Å². The molecule has 0 spiro atoms. The lowest BCUT2D eigenvalue weighted by Gasteiger charge is -2.07. The first-order valence-corrected chi connectivity index (χ1v) is 6.05. The molecule has 102 valence electrons. The Morgan fingerprint density at radius 3 is 2.42 bits per heavy atom. The van der Waals surface area contributed by atoms with Gasteiger partial charge in [0.2, 0.25) is 5.91 Å². The summed E-state index contributed by atoms with van der Waals surface area (Å²) in [5, 5.41) is 11.6. The fraction of sp³-hybridized carbons (Fsp3) is 0.429. The third-order valence-corrected chi connectivity index (χ3v) is 3.82. The molecule has 2 rings (SSSR count). The molecule has 0 heterocycles. The molecule has 5 heteroatoms. The number of rotatable bonds is 3. The lowest BCUT2D eigenvalue weighted by Crippen LogP contribution is -2.17. The number of aryl methyl sites for hydroxylation is 1. The molecule has 1 aromatic carbocycles. The van der Waals surface area contributed by atoms with Crippen LogP contribution in [0.25, 0.3) is 0 Å². The van der Waals surface area contributed by atoms with Gasteiger partial charge in [-0.25, -0.2) is 4.39 Å². The van der Waals surface area contributed by atoms with Crippen molar-refractivity contribution in [3.05, 3.63) is 29.6 Å². The predicted molar refractivity (Wildman–Crippen MR) is 68.2 cm³/mol. The minimum absolute atomic E-state index is 0.347. The monoisotopic (exact) mass is 265 g/mol. The zero-order chi connectivity index (χ0) is 14.4. The Morgan fingerprint density at radius 1 is 1.32 bits per heavy atom. The highest BCUT2D eigenvalue weighted by molar-refractivity contribution is 5.99. The quantitative estimate of drug-likeness (QED) is 0.882. The number of carbonyl (C=O) groups excluding carboxylic acids is 1. The van der Waals surface area contributed by atoms with Crippen molar-refractivity contribution >= 4 is 17.6 Å². The normalized spacial score (nSPS) is 23.8. The fourth-order valence-electron chi connectivity index (χ4n) is 2.48. The standard InChI is InChI=1S/C14H16FNO3/c1-7-4-5-8(6-9(7)15)16-12(17)10-11(13(18)19)14(10,2)3/h4-6,10-11H,1-3H3,(H,16,17)(H,18,19)/t10-,11+/m1/s1. The minimum Gasteiger partial charge on any atom is -0.481 e. The molecule has 0 aliphatic heterocycles. The molecule has 1 amide bonds. The van der Waals surface area contributed by atoms with Gasteiger partial charge in [-0.2, -0.15) is 0 Å². The molecule has 2 atom stereocenters. The first-order chi connectivity index (χ1) is 8.75. The van der Waals surface area contributed by atoms with E-state index in [2.05, 4.69) is 5.32 Å². The van der Waals surface area contributed by atoms with Crippen LogP contribution < -0.4 is 5.32 Å². The summed E-state index contributed by atoms with van der Waals surface area (Å²) in [6.07, 6.45) is 0. The van der Waals surface area contributed by atoms with Gasteiger partial charge in [-0.1, -0.05) is 19.9 Å². The van der Waals surface area contributed by atoms with E-state index >= 15 is 0 Å². The third-order valence-electron chi connectivity index (χ3n) is 3.82. The van der Waals surface area contributed by atoms with E-state index in [4.69, 9.17) is 5.11 Å². The highest BCUT2D eigenvalue weighted by Crippen LogP contribution is 2.58. The van der Waals surface area contributed by atoms with E-state index in [-0.39, 0.29) is 5.91 Å². The van der Waals surface area contributed by atoms with Crippen LogP contribution in [0, 0.1) is 30.0 Å². The van der Waals surface area contributed by atoms with Crippen molar-refractivity contribution in [2.75, 3.05) is 5.32 Å². The molecule has 19 heavy (non-hydrogen) atoms. The number of aliphatic carboxylic acids is 1. The second-order valence-electron chi connectivity index (χ2n) is 5.57. The molecule has 1 aliphatic carbocycles. The highest BCUT2D eigenvalue weighted by atomic mass is 19.1. The van der Waals surface area contributed by atoms with Crippen molar-refractivity contribution in [3.8, 4) is 0 Å². The van der Waals surface area contributed by atoms with E-state index in [0.29, 0.717) is 11.3 Å². The van der Waals surface area contributed by atoms with E-state index in [1.807, 2.05) is 0 Å². The molecule has 1 fully saturated rings. The number of hydrogen-bond acceptors (Lipinski definition) is 2. The fourth-order valence-corrected chi connectivity index (χ4v) is 2.48. The number of halogens is 1. The summed E-state index contributed by atoms with van der Waals surface area (Å²) in [7, 11) is 0. The van der Waals surface area contributed by atoms with E-state index < -0.39 is 29.0 Å².